The third-order valence-electron chi connectivity index (χ3n) is 4.19. The van der Waals surface area contributed by atoms with Gasteiger partial charge < -0.3 is 9.73 Å². The molecule has 0 aliphatic rings. The summed E-state index contributed by atoms with van der Waals surface area (Å²) >= 11 is 0. The first kappa shape index (κ1) is 13.8. The average Bonchev–Trinajstić information content (AvgIpc) is 2.75. The van der Waals surface area contributed by atoms with Crippen molar-refractivity contribution in [2.24, 2.45) is 0 Å². The van der Waals surface area contributed by atoms with Crippen LogP contribution in [0.4, 0.5) is 0 Å². The molecule has 0 spiro atoms. The van der Waals surface area contributed by atoms with Crippen LogP contribution in [0, 0.1) is 20.8 Å². The Balaban J connectivity index is 2.23. The predicted molar refractivity (Wildman–Crippen MR) is 85.6 cm³/mol. The van der Waals surface area contributed by atoms with Crippen molar-refractivity contribution in [1.29, 1.82) is 0 Å². The van der Waals surface area contributed by atoms with Crippen LogP contribution in [-0.2, 0) is 0 Å². The Labute approximate surface area is 125 Å². The van der Waals surface area contributed by atoms with Crippen molar-refractivity contribution in [1.82, 2.24) is 10.3 Å². The van der Waals surface area contributed by atoms with Gasteiger partial charge in [0.15, 0.2) is 0 Å². The van der Waals surface area contributed by atoms with E-state index < -0.39 is 0 Å². The third kappa shape index (κ3) is 2.24. The first-order valence-electron chi connectivity index (χ1n) is 7.21. The maximum atomic E-state index is 5.81. The number of pyridine rings is 1. The van der Waals surface area contributed by atoms with Crippen molar-refractivity contribution in [3.05, 3.63) is 64.7 Å². The van der Waals surface area contributed by atoms with Crippen molar-refractivity contribution in [2.75, 3.05) is 7.05 Å². The van der Waals surface area contributed by atoms with E-state index in [2.05, 4.69) is 35.4 Å². The number of hydrogen-bond acceptors (Lipinski definition) is 3. The van der Waals surface area contributed by atoms with Crippen molar-refractivity contribution in [3.63, 3.8) is 0 Å². The van der Waals surface area contributed by atoms with Crippen molar-refractivity contribution >= 4 is 10.9 Å². The Morgan fingerprint density at radius 1 is 1.05 bits per heavy atom. The molecule has 1 unspecified atom stereocenters. The zero-order valence-corrected chi connectivity index (χ0v) is 12.9. The zero-order valence-electron chi connectivity index (χ0n) is 12.9. The largest absolute Gasteiger partial charge is 0.466 e. The Bertz CT molecular complexity index is 784. The molecule has 1 aromatic carbocycles. The second kappa shape index (κ2) is 5.34. The molecule has 2 aromatic heterocycles. The van der Waals surface area contributed by atoms with Gasteiger partial charge in [0, 0.05) is 17.1 Å². The highest BCUT2D eigenvalue weighted by Gasteiger charge is 2.22. The van der Waals surface area contributed by atoms with E-state index in [9.17, 15) is 0 Å². The summed E-state index contributed by atoms with van der Waals surface area (Å²) in [6.45, 7) is 6.17. The molecule has 3 nitrogen and oxygen atoms in total. The maximum Gasteiger partial charge on any atom is 0.106 e. The lowest BCUT2D eigenvalue weighted by atomic mass is 9.93. The fourth-order valence-electron chi connectivity index (χ4n) is 3.07. The molecule has 1 N–H and O–H groups in total. The van der Waals surface area contributed by atoms with Gasteiger partial charge in [-0.2, -0.15) is 0 Å². The Morgan fingerprint density at radius 2 is 1.86 bits per heavy atom. The zero-order chi connectivity index (χ0) is 15.0. The summed E-state index contributed by atoms with van der Waals surface area (Å²) in [5, 5.41) is 4.61. The lowest BCUT2D eigenvalue weighted by molar-refractivity contribution is 0.496. The van der Waals surface area contributed by atoms with Crippen LogP contribution in [0.3, 0.4) is 0 Å². The van der Waals surface area contributed by atoms with Crippen molar-refractivity contribution in [3.8, 4) is 0 Å². The molecular weight excluding hydrogens is 260 g/mol. The molecule has 108 valence electrons. The molecule has 0 fully saturated rings. The number of benzene rings is 1. The molecule has 0 amide bonds. The molecule has 0 aliphatic carbocycles. The number of nitrogens with one attached hydrogen (secondary N) is 1. The Morgan fingerprint density at radius 3 is 2.52 bits per heavy atom. The number of aromatic nitrogens is 1. The third-order valence-corrected chi connectivity index (χ3v) is 4.19. The molecule has 3 heteroatoms. The van der Waals surface area contributed by atoms with Crippen LogP contribution in [0.1, 0.15) is 34.3 Å². The Hall–Kier alpha value is -2.13. The topological polar surface area (TPSA) is 38.1 Å². The van der Waals surface area contributed by atoms with Gasteiger partial charge in [0.05, 0.1) is 11.6 Å². The van der Waals surface area contributed by atoms with Crippen LogP contribution >= 0.6 is 0 Å². The lowest BCUT2D eigenvalue weighted by Crippen LogP contribution is -2.19. The number of rotatable bonds is 3. The van der Waals surface area contributed by atoms with Gasteiger partial charge in [0.25, 0.3) is 0 Å². The van der Waals surface area contributed by atoms with Gasteiger partial charge in [-0.25, -0.2) is 0 Å². The van der Waals surface area contributed by atoms with E-state index in [1.54, 1.807) is 0 Å². The van der Waals surface area contributed by atoms with Crippen LogP contribution in [0.25, 0.3) is 10.9 Å². The quantitative estimate of drug-likeness (QED) is 0.786. The number of nitrogens with zero attached hydrogens (tertiary/aromatic N) is 1. The van der Waals surface area contributed by atoms with Crippen LogP contribution in [0.2, 0.25) is 0 Å². The number of furan rings is 1. The molecule has 21 heavy (non-hydrogen) atoms. The summed E-state index contributed by atoms with van der Waals surface area (Å²) in [5.74, 6) is 1.96. The summed E-state index contributed by atoms with van der Waals surface area (Å²) in [6, 6.07) is 10.5. The predicted octanol–water partition coefficient (Wildman–Crippen LogP) is 4.06. The minimum absolute atomic E-state index is 0.107. The molecule has 2 heterocycles. The van der Waals surface area contributed by atoms with E-state index in [1.165, 1.54) is 22.1 Å². The molecular formula is C18H20N2O. The smallest absolute Gasteiger partial charge is 0.106 e. The van der Waals surface area contributed by atoms with Gasteiger partial charge in [0.2, 0.25) is 0 Å². The van der Waals surface area contributed by atoms with Crippen molar-refractivity contribution < 1.29 is 4.42 Å². The van der Waals surface area contributed by atoms with E-state index in [0.717, 1.165) is 17.0 Å². The Kier molecular flexibility index (Phi) is 3.52. The highest BCUT2D eigenvalue weighted by Crippen LogP contribution is 2.34. The maximum absolute atomic E-state index is 5.81. The SMILES string of the molecule is CNC(c1c(C)oc(C)c1C)c1cccc2ncccc12. The first-order valence-corrected chi connectivity index (χ1v) is 7.21. The number of hydrogen-bond donors (Lipinski definition) is 1. The summed E-state index contributed by atoms with van der Waals surface area (Å²) < 4.78 is 5.81. The first-order chi connectivity index (χ1) is 10.1. The standard InChI is InChI=1S/C18H20N2O/c1-11-12(2)21-13(3)17(11)18(19-4)15-7-5-9-16-14(15)8-6-10-20-16/h5-10,18-19H,1-4H3. The van der Waals surface area contributed by atoms with E-state index >= 15 is 0 Å². The van der Waals surface area contributed by atoms with E-state index in [4.69, 9.17) is 4.42 Å². The highest BCUT2D eigenvalue weighted by atomic mass is 16.3. The molecule has 0 saturated heterocycles. The van der Waals surface area contributed by atoms with E-state index in [1.807, 2.05) is 39.2 Å². The number of fused-ring (bicyclic) bond motifs is 1. The molecule has 3 rings (SSSR count). The minimum Gasteiger partial charge on any atom is -0.466 e. The molecule has 0 bridgehead atoms. The monoisotopic (exact) mass is 280 g/mol. The normalized spacial score (nSPS) is 12.8. The summed E-state index contributed by atoms with van der Waals surface area (Å²) in [5.41, 5.74) is 4.69. The molecule has 0 aliphatic heterocycles. The summed E-state index contributed by atoms with van der Waals surface area (Å²) in [7, 11) is 1.99. The van der Waals surface area contributed by atoms with Crippen LogP contribution in [0.5, 0.6) is 0 Å². The van der Waals surface area contributed by atoms with Crippen LogP contribution < -0.4 is 5.32 Å². The second-order valence-electron chi connectivity index (χ2n) is 5.39. The highest BCUT2D eigenvalue weighted by molar-refractivity contribution is 5.83. The number of aryl methyl sites for hydroxylation is 2. The molecule has 0 saturated carbocycles. The molecule has 3 aromatic rings. The fraction of sp³-hybridized carbons (Fsp3) is 0.278. The van der Waals surface area contributed by atoms with Gasteiger partial charge >= 0.3 is 0 Å². The van der Waals surface area contributed by atoms with Crippen LogP contribution in [-0.4, -0.2) is 12.0 Å². The van der Waals surface area contributed by atoms with Crippen LogP contribution in [0.15, 0.2) is 40.9 Å². The average molecular weight is 280 g/mol. The van der Waals surface area contributed by atoms with Gasteiger partial charge in [0.1, 0.15) is 11.5 Å². The molecule has 1 atom stereocenters. The molecule has 0 radical (unpaired) electrons. The van der Waals surface area contributed by atoms with Gasteiger partial charge in [-0.1, -0.05) is 18.2 Å². The summed E-state index contributed by atoms with van der Waals surface area (Å²) in [6.07, 6.45) is 1.83. The van der Waals surface area contributed by atoms with Gasteiger partial charge in [-0.3, -0.25) is 4.98 Å². The van der Waals surface area contributed by atoms with Gasteiger partial charge in [-0.05, 0) is 51.1 Å². The second-order valence-corrected chi connectivity index (χ2v) is 5.39. The lowest BCUT2D eigenvalue weighted by Gasteiger charge is -2.19. The van der Waals surface area contributed by atoms with E-state index in [0.29, 0.717) is 0 Å². The van der Waals surface area contributed by atoms with E-state index in [-0.39, 0.29) is 6.04 Å². The van der Waals surface area contributed by atoms with Gasteiger partial charge in [-0.15, -0.1) is 0 Å². The van der Waals surface area contributed by atoms with Crippen molar-refractivity contribution in [2.45, 2.75) is 26.8 Å². The summed E-state index contributed by atoms with van der Waals surface area (Å²) in [4.78, 5) is 4.45. The fourth-order valence-corrected chi connectivity index (χ4v) is 3.07. The minimum atomic E-state index is 0.107.